The summed E-state index contributed by atoms with van der Waals surface area (Å²) in [6.07, 6.45) is -4.71. The van der Waals surface area contributed by atoms with E-state index < -0.39 is 30.3 Å². The molecule has 0 saturated carbocycles. The molecule has 0 bridgehead atoms. The van der Waals surface area contributed by atoms with E-state index in [1.165, 1.54) is 0 Å². The highest BCUT2D eigenvalue weighted by atomic mass is 79.9. The van der Waals surface area contributed by atoms with Gasteiger partial charge >= 0.3 is 0 Å². The van der Waals surface area contributed by atoms with E-state index >= 15 is 0 Å². The summed E-state index contributed by atoms with van der Waals surface area (Å²) in [4.78, 5) is 0. The van der Waals surface area contributed by atoms with Gasteiger partial charge in [0.25, 0.3) is 0 Å². The maximum absolute atomic E-state index is 14.2. The molecule has 0 saturated heterocycles. The minimum Gasteiger partial charge on any atom is -0.488 e. The maximum atomic E-state index is 14.2. The molecule has 2 aliphatic heterocycles. The zero-order chi connectivity index (χ0) is 67.1. The van der Waals surface area contributed by atoms with E-state index in [1.54, 1.807) is 0 Å². The Kier molecular flexibility index (Phi) is 20.8. The van der Waals surface area contributed by atoms with Gasteiger partial charge in [0.2, 0.25) is 0 Å². The molecule has 14 rings (SSSR count). The van der Waals surface area contributed by atoms with Crippen LogP contribution in [0.1, 0.15) is 90.5 Å². The molecule has 2 N–H and O–H groups in total. The van der Waals surface area contributed by atoms with Crippen molar-refractivity contribution in [1.29, 1.82) is 0 Å². The van der Waals surface area contributed by atoms with Crippen LogP contribution in [0, 0.1) is 0 Å². The smallest absolute Gasteiger partial charge is 0.162 e. The molecule has 12 nitrogen and oxygen atoms in total. The SMILES string of the molecule is O[C@@H]1[C@@H](c2c(OCc3ccccc3)cc(OCc3ccccc3)c3c2O[C@H](c2ccc(OCc4ccccc4)c(OCc4ccccc4)c2)[C@@H](O)C3)c2c(OCc3ccccc3)cc(OCc3ccccc3)c(Br)c2O[C@@H]1c1ccc(OCc2ccccc2)c(OCc2ccccc2)c1. The number of aliphatic hydroxyl groups excluding tert-OH is 2. The molecule has 13 heteroatoms. The third-order valence-corrected chi connectivity index (χ3v) is 18.3. The Morgan fingerprint density at radius 2 is 0.576 bits per heavy atom. The van der Waals surface area contributed by atoms with Gasteiger partial charge in [0.05, 0.1) is 12.0 Å². The first kappa shape index (κ1) is 65.3. The first-order chi connectivity index (χ1) is 48.8. The molecule has 0 radical (unpaired) electrons. The van der Waals surface area contributed by atoms with Gasteiger partial charge in [-0.05, 0) is 95.8 Å². The molecule has 2 aliphatic rings. The molecule has 0 aromatic heterocycles. The van der Waals surface area contributed by atoms with E-state index in [1.807, 2.05) is 291 Å². The third kappa shape index (κ3) is 15.9. The van der Waals surface area contributed by atoms with E-state index in [2.05, 4.69) is 15.9 Å². The average molecular weight is 1380 g/mol. The predicted molar refractivity (Wildman–Crippen MR) is 384 cm³/mol. The highest BCUT2D eigenvalue weighted by Gasteiger charge is 2.48. The number of hydrogen-bond donors (Lipinski definition) is 2. The zero-order valence-electron chi connectivity index (χ0n) is 54.3. The van der Waals surface area contributed by atoms with Gasteiger partial charge in [0.1, 0.15) is 104 Å². The molecule has 5 atom stereocenters. The van der Waals surface area contributed by atoms with Crippen LogP contribution < -0.4 is 47.4 Å². The molecule has 0 spiro atoms. The monoisotopic (exact) mass is 1380 g/mol. The van der Waals surface area contributed by atoms with Gasteiger partial charge < -0.3 is 57.6 Å². The quantitative estimate of drug-likeness (QED) is 0.0508. The molecule has 0 unspecified atom stereocenters. The lowest BCUT2D eigenvalue weighted by atomic mass is 9.77. The van der Waals surface area contributed by atoms with E-state index in [-0.39, 0.29) is 59.3 Å². The van der Waals surface area contributed by atoms with Crippen molar-refractivity contribution in [3.05, 3.63) is 368 Å². The van der Waals surface area contributed by atoms with Crippen molar-refractivity contribution in [2.24, 2.45) is 0 Å². The van der Waals surface area contributed by atoms with Gasteiger partial charge in [-0.25, -0.2) is 0 Å². The average Bonchev–Trinajstić information content (AvgIpc) is 0.719. The van der Waals surface area contributed by atoms with Crippen molar-refractivity contribution >= 4 is 15.9 Å². The second kappa shape index (κ2) is 31.5. The van der Waals surface area contributed by atoms with Crippen LogP contribution >= 0.6 is 15.9 Å². The Labute approximate surface area is 585 Å². The summed E-state index contributed by atoms with van der Waals surface area (Å²) >= 11 is 4.06. The number of benzene rings is 12. The standard InChI is InChI=1S/C86H73BrO12/c87-81-77(97-57-65-39-23-8-24-40-65)49-76(96-56-64-37-21-7-22-38-64)79-80(82(89)84(99-86(79)81)67-42-44-71(91-51-59-27-11-2-12-28-59)74(46-67)94-54-62-33-17-5-18-34-62)78-75(95-55-63-35-19-6-20-36-63)48-72(92-52-60-29-13-3-14-30-60)68-47-69(88)83(98-85(68)78)66-41-43-70(90-50-58-25-9-1-10-26-58)73(45-66)93-53-61-31-15-4-16-32-61/h1-46,48-49,69,80,82-84,88-89H,47,50-57H2/t69-,80-,82+,83+,84+/m0/s1. The molecule has 496 valence electrons. The van der Waals surface area contributed by atoms with Crippen molar-refractivity contribution in [3.8, 4) is 57.5 Å². The molecular formula is C86H73BrO12. The van der Waals surface area contributed by atoms with E-state index in [0.29, 0.717) is 89.8 Å². The van der Waals surface area contributed by atoms with Crippen LogP contribution in [-0.4, -0.2) is 22.4 Å². The zero-order valence-corrected chi connectivity index (χ0v) is 55.9. The van der Waals surface area contributed by atoms with Gasteiger partial charge in [-0.3, -0.25) is 0 Å². The summed E-state index contributed by atoms with van der Waals surface area (Å²) in [6.45, 7) is 1.67. The number of hydrogen-bond acceptors (Lipinski definition) is 12. The molecule has 0 amide bonds. The van der Waals surface area contributed by atoms with Gasteiger partial charge in [-0.1, -0.05) is 255 Å². The van der Waals surface area contributed by atoms with Crippen LogP contribution in [0.2, 0.25) is 0 Å². The largest absolute Gasteiger partial charge is 0.488 e. The molecule has 12 aromatic rings. The molecule has 2 heterocycles. The predicted octanol–water partition coefficient (Wildman–Crippen LogP) is 18.7. The molecule has 99 heavy (non-hydrogen) atoms. The van der Waals surface area contributed by atoms with Crippen molar-refractivity contribution in [3.63, 3.8) is 0 Å². The highest BCUT2D eigenvalue weighted by Crippen LogP contribution is 2.60. The summed E-state index contributed by atoms with van der Waals surface area (Å²) < 4.78 is 70.1. The lowest BCUT2D eigenvalue weighted by molar-refractivity contribution is 0.0000800. The summed E-state index contributed by atoms with van der Waals surface area (Å²) in [5.41, 5.74) is 10.2. The van der Waals surface area contributed by atoms with Crippen molar-refractivity contribution in [2.45, 2.75) is 89.6 Å². The first-order valence-electron chi connectivity index (χ1n) is 33.2. The van der Waals surface area contributed by atoms with Crippen LogP contribution in [0.3, 0.4) is 0 Å². The van der Waals surface area contributed by atoms with Gasteiger partial charge in [-0.2, -0.15) is 0 Å². The van der Waals surface area contributed by atoms with Gasteiger partial charge in [0.15, 0.2) is 29.1 Å². The van der Waals surface area contributed by atoms with Crippen molar-refractivity contribution < 1.29 is 57.6 Å². The fourth-order valence-electron chi connectivity index (χ4n) is 12.5. The van der Waals surface area contributed by atoms with Gasteiger partial charge in [0, 0.05) is 35.2 Å². The Morgan fingerprint density at radius 3 is 0.939 bits per heavy atom. The minimum atomic E-state index is -1.45. The van der Waals surface area contributed by atoms with Crippen molar-refractivity contribution in [1.82, 2.24) is 0 Å². The highest BCUT2D eigenvalue weighted by molar-refractivity contribution is 9.10. The van der Waals surface area contributed by atoms with E-state index in [4.69, 9.17) is 47.4 Å². The lowest BCUT2D eigenvalue weighted by Crippen LogP contribution is -2.37. The van der Waals surface area contributed by atoms with Crippen LogP contribution in [0.25, 0.3) is 0 Å². The Balaban J connectivity index is 0.965. The lowest BCUT2D eigenvalue weighted by Gasteiger charge is -2.41. The van der Waals surface area contributed by atoms with Gasteiger partial charge in [-0.15, -0.1) is 0 Å². The second-order valence-corrected chi connectivity index (χ2v) is 25.2. The number of rotatable bonds is 27. The third-order valence-electron chi connectivity index (χ3n) is 17.5. The summed E-state index contributed by atoms with van der Waals surface area (Å²) in [5.74, 6) is 3.02. The molecule has 12 aromatic carbocycles. The molecular weight excluding hydrogens is 1300 g/mol. The number of ether oxygens (including phenoxy) is 10. The van der Waals surface area contributed by atoms with E-state index in [9.17, 15) is 10.2 Å². The fourth-order valence-corrected chi connectivity index (χ4v) is 13.0. The minimum absolute atomic E-state index is 0.0536. The normalized spacial score (nSPS) is 16.0. The summed E-state index contributed by atoms with van der Waals surface area (Å²) in [6, 6.07) is 94.4. The number of fused-ring (bicyclic) bond motifs is 2. The Bertz CT molecular complexity index is 4590. The summed E-state index contributed by atoms with van der Waals surface area (Å²) in [7, 11) is 0. The van der Waals surface area contributed by atoms with E-state index in [0.717, 1.165) is 44.5 Å². The van der Waals surface area contributed by atoms with Crippen LogP contribution in [0.5, 0.6) is 57.5 Å². The van der Waals surface area contributed by atoms with Crippen LogP contribution in [0.4, 0.5) is 0 Å². The second-order valence-electron chi connectivity index (χ2n) is 24.4. The molecule has 0 fully saturated rings. The first-order valence-corrected chi connectivity index (χ1v) is 34.0. The summed E-state index contributed by atoms with van der Waals surface area (Å²) in [5, 5.41) is 27.1. The number of aliphatic hydroxyl groups is 2. The fraction of sp³-hybridized carbons (Fsp3) is 0.163. The maximum Gasteiger partial charge on any atom is 0.162 e. The molecule has 0 aliphatic carbocycles. The topological polar surface area (TPSA) is 133 Å². The Hall–Kier alpha value is -11.0. The number of halogens is 1. The Morgan fingerprint density at radius 1 is 0.293 bits per heavy atom. The van der Waals surface area contributed by atoms with Crippen LogP contribution in [0.15, 0.2) is 296 Å². The van der Waals surface area contributed by atoms with Crippen LogP contribution in [-0.2, 0) is 59.3 Å². The van der Waals surface area contributed by atoms with Crippen molar-refractivity contribution in [2.75, 3.05) is 0 Å².